The van der Waals surface area contributed by atoms with Crippen LogP contribution in [0.2, 0.25) is 0 Å². The topological polar surface area (TPSA) is 133 Å². The number of nitrogens with one attached hydrogen (secondary N) is 2. The predicted molar refractivity (Wildman–Crippen MR) is 140 cm³/mol. The monoisotopic (exact) mass is 514 g/mol. The first kappa shape index (κ1) is 27.9. The van der Waals surface area contributed by atoms with E-state index in [-0.39, 0.29) is 30.7 Å². The van der Waals surface area contributed by atoms with Gasteiger partial charge in [-0.25, -0.2) is 19.2 Å². The molecule has 200 valence electrons. The molecule has 11 heteroatoms. The summed E-state index contributed by atoms with van der Waals surface area (Å²) in [6.45, 7) is 10.1. The number of aliphatic hydroxyl groups is 1. The molecule has 0 aliphatic carbocycles. The number of carbonyl (C=O) groups excluding carboxylic acids is 1. The van der Waals surface area contributed by atoms with Gasteiger partial charge in [-0.3, -0.25) is 9.36 Å². The highest BCUT2D eigenvalue weighted by molar-refractivity contribution is 5.99. The van der Waals surface area contributed by atoms with E-state index in [1.54, 1.807) is 23.0 Å². The van der Waals surface area contributed by atoms with Gasteiger partial charge in [0.15, 0.2) is 0 Å². The largest absolute Gasteiger partial charge is 0.465 e. The van der Waals surface area contributed by atoms with Crippen molar-refractivity contribution < 1.29 is 24.2 Å². The van der Waals surface area contributed by atoms with Crippen molar-refractivity contribution in [1.29, 1.82) is 0 Å². The molecule has 0 saturated carbocycles. The molecule has 3 aromatic rings. The number of carbonyl (C=O) groups is 2. The quantitative estimate of drug-likeness (QED) is 0.322. The van der Waals surface area contributed by atoms with Gasteiger partial charge < -0.3 is 25.7 Å². The highest BCUT2D eigenvalue weighted by Gasteiger charge is 2.27. The smallest absolute Gasteiger partial charge is 0.407 e. The minimum Gasteiger partial charge on any atom is -0.465 e. The summed E-state index contributed by atoms with van der Waals surface area (Å²) in [6, 6.07) is 5.31. The number of pyridine rings is 2. The second-order valence-electron chi connectivity index (χ2n) is 10.2. The fraction of sp³-hybridized carbons (Fsp3) is 0.462. The number of fused-ring (bicyclic) bond motifs is 1. The molecule has 37 heavy (non-hydrogen) atoms. The second-order valence-corrected chi connectivity index (χ2v) is 10.2. The Hall–Kier alpha value is -3.73. The van der Waals surface area contributed by atoms with Crippen molar-refractivity contribution in [3.8, 4) is 5.82 Å². The van der Waals surface area contributed by atoms with Crippen molar-refractivity contribution in [2.24, 2.45) is 0 Å². The number of rotatable bonds is 10. The van der Waals surface area contributed by atoms with Gasteiger partial charge in [0.25, 0.3) is 5.91 Å². The van der Waals surface area contributed by atoms with Crippen molar-refractivity contribution in [3.63, 3.8) is 0 Å². The van der Waals surface area contributed by atoms with Crippen LogP contribution in [0, 0.1) is 0 Å². The van der Waals surface area contributed by atoms with Crippen LogP contribution in [-0.4, -0.2) is 72.0 Å². The molecule has 0 saturated heterocycles. The van der Waals surface area contributed by atoms with E-state index < -0.39 is 23.8 Å². The molecule has 0 spiro atoms. The van der Waals surface area contributed by atoms with E-state index in [1.807, 2.05) is 39.8 Å². The molecule has 0 radical (unpaired) electrons. The summed E-state index contributed by atoms with van der Waals surface area (Å²) >= 11 is 0. The van der Waals surface area contributed by atoms with E-state index >= 15 is 0 Å². The minimum atomic E-state index is -1.63. The number of hydrogen-bond acceptors (Lipinski definition) is 6. The maximum Gasteiger partial charge on any atom is 0.407 e. The first-order chi connectivity index (χ1) is 17.3. The van der Waals surface area contributed by atoms with Crippen LogP contribution in [0.1, 0.15) is 57.5 Å². The summed E-state index contributed by atoms with van der Waals surface area (Å²) in [5.74, 6) is 0.00604. The van der Waals surface area contributed by atoms with Crippen molar-refractivity contribution in [3.05, 3.63) is 47.9 Å². The molecule has 3 aromatic heterocycles. The zero-order valence-electron chi connectivity index (χ0n) is 22.0. The highest BCUT2D eigenvalue weighted by atomic mass is 19.1. The van der Waals surface area contributed by atoms with Crippen molar-refractivity contribution in [1.82, 2.24) is 24.8 Å². The van der Waals surface area contributed by atoms with Crippen LogP contribution >= 0.6 is 0 Å². The van der Waals surface area contributed by atoms with Crippen molar-refractivity contribution >= 4 is 28.7 Å². The van der Waals surface area contributed by atoms with Gasteiger partial charge in [0.1, 0.15) is 17.6 Å². The van der Waals surface area contributed by atoms with E-state index in [2.05, 4.69) is 20.6 Å². The van der Waals surface area contributed by atoms with E-state index in [4.69, 9.17) is 0 Å². The summed E-state index contributed by atoms with van der Waals surface area (Å²) in [4.78, 5) is 34.7. The highest BCUT2D eigenvalue weighted by Crippen LogP contribution is 2.24. The lowest BCUT2D eigenvalue weighted by molar-refractivity contribution is -0.00177. The average molecular weight is 515 g/mol. The normalized spacial score (nSPS) is 12.7. The number of alkyl halides is 1. The zero-order valence-corrected chi connectivity index (χ0v) is 22.0. The van der Waals surface area contributed by atoms with Gasteiger partial charge in [-0.1, -0.05) is 0 Å². The molecule has 0 aromatic carbocycles. The van der Waals surface area contributed by atoms with Crippen LogP contribution < -0.4 is 10.6 Å². The van der Waals surface area contributed by atoms with Gasteiger partial charge >= 0.3 is 6.09 Å². The maximum atomic E-state index is 14.1. The van der Waals surface area contributed by atoms with Crippen LogP contribution in [0.4, 0.5) is 14.9 Å². The molecule has 0 aliphatic heterocycles. The Kier molecular flexibility index (Phi) is 8.37. The summed E-state index contributed by atoms with van der Waals surface area (Å²) in [5, 5.41) is 25.8. The molecule has 2 amide bonds. The molecular formula is C26H35FN6O4. The Morgan fingerprint density at radius 1 is 1.16 bits per heavy atom. The van der Waals surface area contributed by atoms with Crippen molar-refractivity contribution in [2.75, 3.05) is 11.9 Å². The lowest BCUT2D eigenvalue weighted by Crippen LogP contribution is -2.42. The lowest BCUT2D eigenvalue weighted by atomic mass is 10.0. The number of halogens is 1. The Balaban J connectivity index is 1.90. The molecule has 3 rings (SSSR count). The lowest BCUT2D eigenvalue weighted by Gasteiger charge is -2.23. The number of anilines is 1. The average Bonchev–Trinajstić information content (AvgIpc) is 3.22. The molecule has 0 aliphatic rings. The molecule has 3 heterocycles. The van der Waals surface area contributed by atoms with Gasteiger partial charge in [-0.2, -0.15) is 0 Å². The predicted octanol–water partition coefficient (Wildman–Crippen LogP) is 3.97. The number of aromatic nitrogens is 3. The minimum absolute atomic E-state index is 0.00678. The fourth-order valence-electron chi connectivity index (χ4n) is 3.72. The third-order valence-electron chi connectivity index (χ3n) is 5.84. The standard InChI is InChI=1S/C26H35FN6O4/c1-15(2)31-20-10-22(28-12-19(20)24(34)30-13-21(27)26(5,6)37)32-8-7-18-9-17(11-29-23(18)32)14-33(16(3)4)25(35)36/h7-12,15-16,21,37H,13-14H2,1-6H3,(H,28,31)(H,30,34)(H,35,36). The van der Waals surface area contributed by atoms with Crippen LogP contribution in [0.25, 0.3) is 16.9 Å². The van der Waals surface area contributed by atoms with Gasteiger partial charge in [-0.05, 0) is 59.2 Å². The zero-order chi connectivity index (χ0) is 27.5. The molecule has 0 fully saturated rings. The Labute approximate surface area is 215 Å². The molecular weight excluding hydrogens is 479 g/mol. The van der Waals surface area contributed by atoms with Crippen LogP contribution in [0.5, 0.6) is 0 Å². The van der Waals surface area contributed by atoms with Crippen LogP contribution in [0.3, 0.4) is 0 Å². The third-order valence-corrected chi connectivity index (χ3v) is 5.84. The van der Waals surface area contributed by atoms with Gasteiger partial charge in [0.2, 0.25) is 0 Å². The van der Waals surface area contributed by atoms with Gasteiger partial charge in [0.05, 0.1) is 29.9 Å². The molecule has 10 nitrogen and oxygen atoms in total. The van der Waals surface area contributed by atoms with E-state index in [9.17, 15) is 24.2 Å². The summed E-state index contributed by atoms with van der Waals surface area (Å²) in [7, 11) is 0. The second kappa shape index (κ2) is 11.1. The number of amides is 2. The van der Waals surface area contributed by atoms with Crippen LogP contribution in [-0.2, 0) is 6.54 Å². The van der Waals surface area contributed by atoms with E-state index in [1.165, 1.54) is 24.9 Å². The first-order valence-electron chi connectivity index (χ1n) is 12.1. The maximum absolute atomic E-state index is 14.1. The summed E-state index contributed by atoms with van der Waals surface area (Å²) < 4.78 is 15.9. The summed E-state index contributed by atoms with van der Waals surface area (Å²) in [5.41, 5.74) is 0.581. The molecule has 1 unspecified atom stereocenters. The number of hydrogen-bond donors (Lipinski definition) is 4. The fourth-order valence-corrected chi connectivity index (χ4v) is 3.72. The van der Waals surface area contributed by atoms with Gasteiger partial charge in [-0.15, -0.1) is 0 Å². The molecule has 0 bridgehead atoms. The Bertz CT molecular complexity index is 1270. The number of carboxylic acid groups (broad SMARTS) is 1. The summed E-state index contributed by atoms with van der Waals surface area (Å²) in [6.07, 6.45) is 2.24. The third kappa shape index (κ3) is 6.73. The van der Waals surface area contributed by atoms with Crippen LogP contribution in [0.15, 0.2) is 36.8 Å². The van der Waals surface area contributed by atoms with E-state index in [0.29, 0.717) is 17.2 Å². The van der Waals surface area contributed by atoms with Gasteiger partial charge in [0, 0.05) is 42.1 Å². The van der Waals surface area contributed by atoms with Crippen molar-refractivity contribution in [2.45, 2.75) is 71.9 Å². The Morgan fingerprint density at radius 2 is 1.86 bits per heavy atom. The molecule has 4 N–H and O–H groups in total. The molecule has 1 atom stereocenters. The SMILES string of the molecule is CC(C)Nc1cc(-n2ccc3cc(CN(C(=O)O)C(C)C)cnc32)ncc1C(=O)NCC(F)C(C)(C)O. The van der Waals surface area contributed by atoms with E-state index in [0.717, 1.165) is 10.9 Å². The Morgan fingerprint density at radius 3 is 2.46 bits per heavy atom. The number of nitrogens with zero attached hydrogens (tertiary/aromatic N) is 4. The first-order valence-corrected chi connectivity index (χ1v) is 12.1.